The normalized spacial score (nSPS) is 13.6. The molecule has 0 aliphatic carbocycles. The molecule has 2 N–H and O–H groups in total. The summed E-state index contributed by atoms with van der Waals surface area (Å²) in [4.78, 5) is 5.49. The molecule has 1 unspecified atom stereocenters. The molecule has 0 bridgehead atoms. The highest BCUT2D eigenvalue weighted by molar-refractivity contribution is 6.42. The third kappa shape index (κ3) is 6.11. The molecule has 1 atom stereocenters. The van der Waals surface area contributed by atoms with Crippen molar-refractivity contribution in [3.8, 4) is 0 Å². The van der Waals surface area contributed by atoms with E-state index in [1.807, 2.05) is 32.9 Å². The number of hydrogen-bond donors (Lipinski definition) is 2. The highest BCUT2D eigenvalue weighted by Gasteiger charge is 2.15. The molecule has 0 saturated carbocycles. The van der Waals surface area contributed by atoms with Crippen molar-refractivity contribution >= 4 is 23.2 Å². The number of benzene rings is 1. The summed E-state index contributed by atoms with van der Waals surface area (Å²) in [5.74, 6) is 0.127. The molecule has 3 nitrogen and oxygen atoms in total. The summed E-state index contributed by atoms with van der Waals surface area (Å²) in [5, 5.41) is 10.2. The largest absolute Gasteiger partial charge is 0.396 e. The third-order valence-electron chi connectivity index (χ3n) is 2.60. The standard InChI is InChI=1S/C14H21Cl2NO2/c1-14(2,3)19-17-9-11(6-7-18)10-4-5-12(15)13(16)8-10/h4-5,8,11,17-18H,6-7,9H2,1-3H3. The smallest absolute Gasteiger partial charge is 0.0812 e. The number of halogens is 2. The van der Waals surface area contributed by atoms with Gasteiger partial charge >= 0.3 is 0 Å². The maximum absolute atomic E-state index is 9.15. The van der Waals surface area contributed by atoms with Crippen LogP contribution in [0.15, 0.2) is 18.2 Å². The molecular weight excluding hydrogens is 285 g/mol. The number of aliphatic hydroxyl groups excluding tert-OH is 1. The third-order valence-corrected chi connectivity index (χ3v) is 3.34. The molecule has 1 aromatic rings. The minimum Gasteiger partial charge on any atom is -0.396 e. The van der Waals surface area contributed by atoms with E-state index in [1.165, 1.54) is 0 Å². The summed E-state index contributed by atoms with van der Waals surface area (Å²) in [5.41, 5.74) is 3.74. The van der Waals surface area contributed by atoms with E-state index >= 15 is 0 Å². The Labute approximate surface area is 124 Å². The first-order valence-electron chi connectivity index (χ1n) is 6.30. The van der Waals surface area contributed by atoms with Crippen molar-refractivity contribution in [2.45, 2.75) is 38.7 Å². The average molecular weight is 306 g/mol. The molecule has 108 valence electrons. The lowest BCUT2D eigenvalue weighted by Crippen LogP contribution is -2.32. The molecule has 0 aromatic heterocycles. The van der Waals surface area contributed by atoms with Crippen LogP contribution in [0.1, 0.15) is 38.7 Å². The minimum absolute atomic E-state index is 0.113. The first-order chi connectivity index (χ1) is 8.83. The lowest BCUT2D eigenvalue weighted by Gasteiger charge is -2.23. The zero-order chi connectivity index (χ0) is 14.5. The molecule has 0 fully saturated rings. The van der Waals surface area contributed by atoms with E-state index in [-0.39, 0.29) is 18.1 Å². The summed E-state index contributed by atoms with van der Waals surface area (Å²) in [7, 11) is 0. The van der Waals surface area contributed by atoms with Gasteiger partial charge in [-0.15, -0.1) is 0 Å². The molecule has 1 rings (SSSR count). The summed E-state index contributed by atoms with van der Waals surface area (Å²) >= 11 is 11.9. The number of hydroxylamine groups is 1. The van der Waals surface area contributed by atoms with Gasteiger partial charge in [0.15, 0.2) is 0 Å². The van der Waals surface area contributed by atoms with Gasteiger partial charge in [0.25, 0.3) is 0 Å². The van der Waals surface area contributed by atoms with Crippen LogP contribution in [-0.4, -0.2) is 23.9 Å². The molecule has 0 amide bonds. The SMILES string of the molecule is CC(C)(C)ONCC(CCO)c1ccc(Cl)c(Cl)c1. The van der Waals surface area contributed by atoms with Crippen LogP contribution in [0.3, 0.4) is 0 Å². The maximum atomic E-state index is 9.15. The van der Waals surface area contributed by atoms with Crippen molar-refractivity contribution in [3.63, 3.8) is 0 Å². The predicted molar refractivity (Wildman–Crippen MR) is 79.7 cm³/mol. The second-order valence-electron chi connectivity index (χ2n) is 5.45. The summed E-state index contributed by atoms with van der Waals surface area (Å²) in [6.45, 7) is 6.64. The zero-order valence-electron chi connectivity index (χ0n) is 11.5. The number of aliphatic hydroxyl groups is 1. The second kappa shape index (κ2) is 7.46. The summed E-state index contributed by atoms with van der Waals surface area (Å²) in [6, 6.07) is 5.53. The predicted octanol–water partition coefficient (Wildman–Crippen LogP) is 3.78. The van der Waals surface area contributed by atoms with E-state index in [9.17, 15) is 0 Å². The Hall–Kier alpha value is -0.320. The van der Waals surface area contributed by atoms with Crippen molar-refractivity contribution < 1.29 is 9.94 Å². The van der Waals surface area contributed by atoms with Gasteiger partial charge in [0.2, 0.25) is 0 Å². The first kappa shape index (κ1) is 16.7. The molecular formula is C14H21Cl2NO2. The van der Waals surface area contributed by atoms with Gasteiger partial charge in [-0.2, -0.15) is 0 Å². The number of hydrogen-bond acceptors (Lipinski definition) is 3. The molecule has 19 heavy (non-hydrogen) atoms. The number of nitrogens with one attached hydrogen (secondary N) is 1. The summed E-state index contributed by atoms with van der Waals surface area (Å²) in [6.07, 6.45) is 0.637. The molecule has 0 aliphatic heterocycles. The second-order valence-corrected chi connectivity index (χ2v) is 6.26. The molecule has 1 aromatic carbocycles. The van der Waals surface area contributed by atoms with Gasteiger partial charge in [0.05, 0.1) is 15.6 Å². The van der Waals surface area contributed by atoms with Gasteiger partial charge in [0, 0.05) is 19.1 Å². The lowest BCUT2D eigenvalue weighted by atomic mass is 9.96. The molecule has 0 heterocycles. The Balaban J connectivity index is 2.68. The molecule has 0 spiro atoms. The van der Waals surface area contributed by atoms with Crippen molar-refractivity contribution in [3.05, 3.63) is 33.8 Å². The van der Waals surface area contributed by atoms with Crippen LogP contribution in [0.2, 0.25) is 10.0 Å². The Morgan fingerprint density at radius 2 is 1.95 bits per heavy atom. The van der Waals surface area contributed by atoms with Crippen LogP contribution in [0.25, 0.3) is 0 Å². The molecule has 0 radical (unpaired) electrons. The maximum Gasteiger partial charge on any atom is 0.0812 e. The Kier molecular flexibility index (Phi) is 6.57. The van der Waals surface area contributed by atoms with Gasteiger partial charge in [-0.3, -0.25) is 4.84 Å². The Morgan fingerprint density at radius 1 is 1.26 bits per heavy atom. The van der Waals surface area contributed by atoms with Crippen LogP contribution in [0, 0.1) is 0 Å². The van der Waals surface area contributed by atoms with Crippen LogP contribution < -0.4 is 5.48 Å². The van der Waals surface area contributed by atoms with Crippen molar-refractivity contribution in [1.29, 1.82) is 0 Å². The van der Waals surface area contributed by atoms with E-state index in [4.69, 9.17) is 33.1 Å². The van der Waals surface area contributed by atoms with E-state index < -0.39 is 0 Å². The van der Waals surface area contributed by atoms with Crippen LogP contribution in [0.5, 0.6) is 0 Å². The topological polar surface area (TPSA) is 41.5 Å². The fourth-order valence-corrected chi connectivity index (χ4v) is 1.97. The Morgan fingerprint density at radius 3 is 2.47 bits per heavy atom. The number of rotatable bonds is 6. The van der Waals surface area contributed by atoms with Crippen LogP contribution in [0.4, 0.5) is 0 Å². The monoisotopic (exact) mass is 305 g/mol. The highest BCUT2D eigenvalue weighted by Crippen LogP contribution is 2.27. The zero-order valence-corrected chi connectivity index (χ0v) is 13.1. The van der Waals surface area contributed by atoms with Gasteiger partial charge in [-0.1, -0.05) is 29.3 Å². The van der Waals surface area contributed by atoms with Crippen molar-refractivity contribution in [2.75, 3.05) is 13.2 Å². The molecule has 0 aliphatic rings. The fourth-order valence-electron chi connectivity index (χ4n) is 1.67. The van der Waals surface area contributed by atoms with Gasteiger partial charge in [-0.25, -0.2) is 5.48 Å². The Bertz CT molecular complexity index is 405. The average Bonchev–Trinajstić information content (AvgIpc) is 2.30. The van der Waals surface area contributed by atoms with Gasteiger partial charge in [-0.05, 0) is 44.9 Å². The van der Waals surface area contributed by atoms with E-state index in [0.29, 0.717) is 23.0 Å². The first-order valence-corrected chi connectivity index (χ1v) is 7.06. The van der Waals surface area contributed by atoms with Crippen LogP contribution in [-0.2, 0) is 4.84 Å². The molecule has 0 saturated heterocycles. The minimum atomic E-state index is -0.249. The van der Waals surface area contributed by atoms with E-state index in [1.54, 1.807) is 6.07 Å². The quantitative estimate of drug-likeness (QED) is 0.786. The van der Waals surface area contributed by atoms with Gasteiger partial charge in [0.1, 0.15) is 0 Å². The van der Waals surface area contributed by atoms with Crippen LogP contribution >= 0.6 is 23.2 Å². The van der Waals surface area contributed by atoms with Crippen molar-refractivity contribution in [1.82, 2.24) is 5.48 Å². The lowest BCUT2D eigenvalue weighted by molar-refractivity contribution is -0.0745. The van der Waals surface area contributed by atoms with Gasteiger partial charge < -0.3 is 5.11 Å². The van der Waals surface area contributed by atoms with E-state index in [2.05, 4.69) is 5.48 Å². The summed E-state index contributed by atoms with van der Waals surface area (Å²) < 4.78 is 0. The molecule has 5 heteroatoms. The fraction of sp³-hybridized carbons (Fsp3) is 0.571. The highest BCUT2D eigenvalue weighted by atomic mass is 35.5. The van der Waals surface area contributed by atoms with Crippen molar-refractivity contribution in [2.24, 2.45) is 0 Å². The van der Waals surface area contributed by atoms with E-state index in [0.717, 1.165) is 5.56 Å².